The van der Waals surface area contributed by atoms with Gasteiger partial charge >= 0.3 is 6.18 Å². The van der Waals surface area contributed by atoms with Crippen molar-refractivity contribution in [1.29, 1.82) is 0 Å². The van der Waals surface area contributed by atoms with E-state index in [-0.39, 0.29) is 0 Å². The van der Waals surface area contributed by atoms with Crippen molar-refractivity contribution in [3.8, 4) is 0 Å². The molecule has 1 aromatic carbocycles. The molecule has 0 aliphatic carbocycles. The zero-order chi connectivity index (χ0) is 15.6. The lowest BCUT2D eigenvalue weighted by atomic mass is 9.96. The highest BCUT2D eigenvalue weighted by Gasteiger charge is 2.35. The summed E-state index contributed by atoms with van der Waals surface area (Å²) in [5.41, 5.74) is 9.60. The standard InChI is InChI=1S/C14H18F3N3O/c15-14(16,17)12-7-10(1-2-11(12)13(19)21)20-5-3-9(8-18)4-6-20/h1-2,7,9H,3-6,8,18H2,(H2,19,21). The van der Waals surface area contributed by atoms with Gasteiger partial charge in [-0.15, -0.1) is 0 Å². The summed E-state index contributed by atoms with van der Waals surface area (Å²) in [5, 5.41) is 0. The van der Waals surface area contributed by atoms with E-state index < -0.39 is 23.2 Å². The molecule has 0 saturated carbocycles. The minimum Gasteiger partial charge on any atom is -0.372 e. The Balaban J connectivity index is 2.28. The largest absolute Gasteiger partial charge is 0.417 e. The van der Waals surface area contributed by atoms with Crippen molar-refractivity contribution >= 4 is 11.6 Å². The van der Waals surface area contributed by atoms with Gasteiger partial charge in [0.05, 0.1) is 11.1 Å². The first-order valence-electron chi connectivity index (χ1n) is 6.79. The van der Waals surface area contributed by atoms with Crippen LogP contribution in [0.4, 0.5) is 18.9 Å². The Morgan fingerprint density at radius 1 is 1.29 bits per heavy atom. The molecule has 1 amide bonds. The van der Waals surface area contributed by atoms with Crippen molar-refractivity contribution in [3.05, 3.63) is 29.3 Å². The van der Waals surface area contributed by atoms with Gasteiger partial charge in [-0.05, 0) is 43.5 Å². The van der Waals surface area contributed by atoms with Crippen molar-refractivity contribution in [2.45, 2.75) is 19.0 Å². The first kappa shape index (κ1) is 15.6. The van der Waals surface area contributed by atoms with Crippen LogP contribution in [0.2, 0.25) is 0 Å². The smallest absolute Gasteiger partial charge is 0.372 e. The van der Waals surface area contributed by atoms with E-state index in [2.05, 4.69) is 0 Å². The second-order valence-electron chi connectivity index (χ2n) is 5.26. The van der Waals surface area contributed by atoms with Crippen LogP contribution in [-0.2, 0) is 6.18 Å². The normalized spacial score (nSPS) is 17.0. The fraction of sp³-hybridized carbons (Fsp3) is 0.500. The van der Waals surface area contributed by atoms with E-state index in [0.717, 1.165) is 25.0 Å². The van der Waals surface area contributed by atoms with E-state index >= 15 is 0 Å². The lowest BCUT2D eigenvalue weighted by Crippen LogP contribution is -2.36. The number of hydrogen-bond acceptors (Lipinski definition) is 3. The number of carbonyl (C=O) groups excluding carboxylic acids is 1. The second kappa shape index (κ2) is 5.93. The maximum Gasteiger partial charge on any atom is 0.417 e. The molecule has 0 unspecified atom stereocenters. The fourth-order valence-electron chi connectivity index (χ4n) is 2.61. The zero-order valence-corrected chi connectivity index (χ0v) is 11.5. The number of nitrogens with zero attached hydrogens (tertiary/aromatic N) is 1. The average molecular weight is 301 g/mol. The summed E-state index contributed by atoms with van der Waals surface area (Å²) < 4.78 is 39.1. The molecular weight excluding hydrogens is 283 g/mol. The molecule has 4 N–H and O–H groups in total. The topological polar surface area (TPSA) is 72.3 Å². The number of amides is 1. The molecule has 21 heavy (non-hydrogen) atoms. The SMILES string of the molecule is NCC1CCN(c2ccc(C(N)=O)c(C(F)(F)F)c2)CC1. The molecule has 116 valence electrons. The molecule has 1 aliphatic heterocycles. The molecule has 1 saturated heterocycles. The van der Waals surface area contributed by atoms with Crippen LogP contribution in [0.25, 0.3) is 0 Å². The molecule has 0 bridgehead atoms. The van der Waals surface area contributed by atoms with Crippen LogP contribution in [-0.4, -0.2) is 25.5 Å². The summed E-state index contributed by atoms with van der Waals surface area (Å²) >= 11 is 0. The van der Waals surface area contributed by atoms with Gasteiger partial charge < -0.3 is 16.4 Å². The van der Waals surface area contributed by atoms with Crippen LogP contribution >= 0.6 is 0 Å². The zero-order valence-electron chi connectivity index (χ0n) is 11.5. The molecule has 0 aromatic heterocycles. The third kappa shape index (κ3) is 3.47. The highest BCUT2D eigenvalue weighted by molar-refractivity contribution is 5.95. The number of rotatable bonds is 3. The van der Waals surface area contributed by atoms with Gasteiger partial charge in [-0.1, -0.05) is 0 Å². The van der Waals surface area contributed by atoms with Crippen LogP contribution in [0.1, 0.15) is 28.8 Å². The summed E-state index contributed by atoms with van der Waals surface area (Å²) in [4.78, 5) is 13.0. The maximum atomic E-state index is 13.0. The quantitative estimate of drug-likeness (QED) is 0.896. The second-order valence-corrected chi connectivity index (χ2v) is 5.26. The Hall–Kier alpha value is -1.76. The van der Waals surface area contributed by atoms with E-state index in [1.54, 1.807) is 0 Å². The molecule has 1 fully saturated rings. The Labute approximate surface area is 120 Å². The average Bonchev–Trinajstić information content (AvgIpc) is 2.45. The monoisotopic (exact) mass is 301 g/mol. The van der Waals surface area contributed by atoms with Crippen molar-refractivity contribution in [2.75, 3.05) is 24.5 Å². The van der Waals surface area contributed by atoms with Gasteiger partial charge in [0.25, 0.3) is 0 Å². The molecule has 7 heteroatoms. The first-order chi connectivity index (χ1) is 9.82. The van der Waals surface area contributed by atoms with Gasteiger partial charge in [0, 0.05) is 18.8 Å². The summed E-state index contributed by atoms with van der Waals surface area (Å²) in [7, 11) is 0. The number of anilines is 1. The number of primary amides is 1. The fourth-order valence-corrected chi connectivity index (χ4v) is 2.61. The van der Waals surface area contributed by atoms with Crippen LogP contribution in [0.15, 0.2) is 18.2 Å². The number of alkyl halides is 3. The van der Waals surface area contributed by atoms with E-state index in [9.17, 15) is 18.0 Å². The van der Waals surface area contributed by atoms with Gasteiger partial charge in [-0.25, -0.2) is 0 Å². The van der Waals surface area contributed by atoms with Crippen molar-refractivity contribution in [1.82, 2.24) is 0 Å². The van der Waals surface area contributed by atoms with Gasteiger partial charge in [-0.2, -0.15) is 13.2 Å². The highest BCUT2D eigenvalue weighted by atomic mass is 19.4. The molecule has 1 aromatic rings. The predicted octanol–water partition coefficient (Wildman–Crippen LogP) is 1.98. The van der Waals surface area contributed by atoms with Gasteiger partial charge in [0.2, 0.25) is 5.91 Å². The number of benzene rings is 1. The summed E-state index contributed by atoms with van der Waals surface area (Å²) in [5.74, 6) is -0.649. The molecule has 0 radical (unpaired) electrons. The van der Waals surface area contributed by atoms with E-state index in [1.165, 1.54) is 6.07 Å². The summed E-state index contributed by atoms with van der Waals surface area (Å²) in [6, 6.07) is 3.66. The number of halogens is 3. The molecule has 1 heterocycles. The molecule has 0 atom stereocenters. The summed E-state index contributed by atoms with van der Waals surface area (Å²) in [6.45, 7) is 1.92. The molecule has 1 aliphatic rings. The highest BCUT2D eigenvalue weighted by Crippen LogP contribution is 2.35. The van der Waals surface area contributed by atoms with Crippen LogP contribution in [0, 0.1) is 5.92 Å². The van der Waals surface area contributed by atoms with E-state index in [4.69, 9.17) is 11.5 Å². The minimum atomic E-state index is -4.60. The predicted molar refractivity (Wildman–Crippen MR) is 74.0 cm³/mol. The van der Waals surface area contributed by atoms with Gasteiger partial charge in [0.15, 0.2) is 0 Å². The number of piperidine rings is 1. The third-order valence-electron chi connectivity index (χ3n) is 3.89. The lowest BCUT2D eigenvalue weighted by Gasteiger charge is -2.33. The summed E-state index contributed by atoms with van der Waals surface area (Å²) in [6.07, 6.45) is -2.89. The first-order valence-corrected chi connectivity index (χ1v) is 6.79. The number of nitrogens with two attached hydrogens (primary N) is 2. The number of hydrogen-bond donors (Lipinski definition) is 2. The Morgan fingerprint density at radius 2 is 1.90 bits per heavy atom. The van der Waals surface area contributed by atoms with Crippen molar-refractivity contribution in [2.24, 2.45) is 17.4 Å². The molecule has 4 nitrogen and oxygen atoms in total. The van der Waals surface area contributed by atoms with Gasteiger partial charge in [-0.3, -0.25) is 4.79 Å². The molecule has 0 spiro atoms. The maximum absolute atomic E-state index is 13.0. The van der Waals surface area contributed by atoms with Crippen molar-refractivity contribution < 1.29 is 18.0 Å². The third-order valence-corrected chi connectivity index (χ3v) is 3.89. The van der Waals surface area contributed by atoms with Crippen molar-refractivity contribution in [3.63, 3.8) is 0 Å². The van der Waals surface area contributed by atoms with E-state index in [0.29, 0.717) is 31.2 Å². The molecular formula is C14H18F3N3O. The van der Waals surface area contributed by atoms with Gasteiger partial charge in [0.1, 0.15) is 0 Å². The van der Waals surface area contributed by atoms with Crippen LogP contribution in [0.3, 0.4) is 0 Å². The van der Waals surface area contributed by atoms with Crippen LogP contribution < -0.4 is 16.4 Å². The minimum absolute atomic E-state index is 0.424. The van der Waals surface area contributed by atoms with E-state index in [1.807, 2.05) is 4.90 Å². The van der Waals surface area contributed by atoms with Crippen LogP contribution in [0.5, 0.6) is 0 Å². The Kier molecular flexibility index (Phi) is 4.41. The lowest BCUT2D eigenvalue weighted by molar-refractivity contribution is -0.137. The Morgan fingerprint density at radius 3 is 2.38 bits per heavy atom. The number of carbonyl (C=O) groups is 1. The molecule has 2 rings (SSSR count). The Bertz CT molecular complexity index is 523.